The molecule has 0 aliphatic rings. The van der Waals surface area contributed by atoms with Gasteiger partial charge in [-0.25, -0.2) is 0 Å². The van der Waals surface area contributed by atoms with E-state index in [9.17, 15) is 4.79 Å². The highest BCUT2D eigenvalue weighted by atomic mass is 35.5. The van der Waals surface area contributed by atoms with E-state index in [1.807, 2.05) is 48.5 Å². The third kappa shape index (κ3) is 5.96. The topological polar surface area (TPSA) is 41.1 Å². The number of halogens is 2. The number of hydrogen-bond acceptors (Lipinski definition) is 2. The van der Waals surface area contributed by atoms with Crippen molar-refractivity contribution < 1.29 is 4.79 Å². The summed E-state index contributed by atoms with van der Waals surface area (Å²) in [6.07, 6.45) is 1.23. The predicted molar refractivity (Wildman–Crippen MR) is 92.7 cm³/mol. The normalized spacial score (nSPS) is 10.3. The molecule has 5 heteroatoms. The summed E-state index contributed by atoms with van der Waals surface area (Å²) in [5, 5.41) is 7.51. The highest BCUT2D eigenvalue weighted by Crippen LogP contribution is 2.13. The molecule has 0 fully saturated rings. The molecule has 0 heterocycles. The van der Waals surface area contributed by atoms with Crippen molar-refractivity contribution in [3.63, 3.8) is 0 Å². The lowest BCUT2D eigenvalue weighted by Crippen LogP contribution is -2.27. The van der Waals surface area contributed by atoms with Gasteiger partial charge in [0.1, 0.15) is 0 Å². The van der Waals surface area contributed by atoms with Crippen LogP contribution >= 0.6 is 23.2 Å². The van der Waals surface area contributed by atoms with Gasteiger partial charge in [-0.05, 0) is 48.4 Å². The van der Waals surface area contributed by atoms with Crippen LogP contribution in [-0.2, 0) is 11.2 Å². The number of carbonyl (C=O) groups is 1. The summed E-state index contributed by atoms with van der Waals surface area (Å²) in [6.45, 7) is 1.22. The molecule has 2 N–H and O–H groups in total. The van der Waals surface area contributed by atoms with Crippen LogP contribution in [0, 0.1) is 0 Å². The minimum atomic E-state index is 0.0374. The van der Waals surface area contributed by atoms with Crippen molar-refractivity contribution in [3.8, 4) is 0 Å². The van der Waals surface area contributed by atoms with E-state index in [4.69, 9.17) is 23.2 Å². The number of nitrogens with one attached hydrogen (secondary N) is 2. The van der Waals surface area contributed by atoms with Crippen molar-refractivity contribution >= 4 is 34.8 Å². The maximum atomic E-state index is 11.7. The Labute approximate surface area is 140 Å². The summed E-state index contributed by atoms with van der Waals surface area (Å²) < 4.78 is 0. The summed E-state index contributed by atoms with van der Waals surface area (Å²) in [5.74, 6) is 0.0374. The number of carbonyl (C=O) groups excluding carboxylic acids is 1. The molecule has 0 bridgehead atoms. The molecule has 0 saturated carbocycles. The second-order valence-corrected chi connectivity index (χ2v) is 5.78. The Morgan fingerprint density at radius 1 is 0.864 bits per heavy atom. The van der Waals surface area contributed by atoms with Crippen LogP contribution in [0.1, 0.15) is 12.0 Å². The first kappa shape index (κ1) is 16.7. The van der Waals surface area contributed by atoms with E-state index in [1.54, 1.807) is 0 Å². The number of amides is 1. The van der Waals surface area contributed by atoms with Gasteiger partial charge in [0, 0.05) is 35.2 Å². The Hall–Kier alpha value is -1.71. The zero-order chi connectivity index (χ0) is 15.8. The number of hydrogen-bond donors (Lipinski definition) is 2. The highest BCUT2D eigenvalue weighted by molar-refractivity contribution is 6.30. The monoisotopic (exact) mass is 336 g/mol. The molecule has 3 nitrogen and oxygen atoms in total. The second kappa shape index (κ2) is 8.66. The Balaban J connectivity index is 1.61. The van der Waals surface area contributed by atoms with Gasteiger partial charge in [-0.15, -0.1) is 0 Å². The van der Waals surface area contributed by atoms with E-state index < -0.39 is 0 Å². The molecule has 0 unspecified atom stereocenters. The van der Waals surface area contributed by atoms with E-state index in [1.165, 1.54) is 0 Å². The first-order chi connectivity index (χ1) is 10.6. The Morgan fingerprint density at radius 2 is 1.45 bits per heavy atom. The second-order valence-electron chi connectivity index (χ2n) is 4.91. The summed E-state index contributed by atoms with van der Waals surface area (Å²) in [6, 6.07) is 15.1. The van der Waals surface area contributed by atoms with Crippen LogP contribution in [-0.4, -0.2) is 19.0 Å². The number of anilines is 1. The number of rotatable bonds is 7. The predicted octanol–water partition coefficient (Wildman–Crippen LogP) is 4.15. The molecule has 0 saturated heterocycles. The first-order valence-electron chi connectivity index (χ1n) is 7.14. The van der Waals surface area contributed by atoms with Gasteiger partial charge in [0.15, 0.2) is 0 Å². The highest BCUT2D eigenvalue weighted by Gasteiger charge is 2.01. The molecular formula is C17H18Cl2N2O. The average Bonchev–Trinajstić information content (AvgIpc) is 2.51. The van der Waals surface area contributed by atoms with Crippen LogP contribution in [0.15, 0.2) is 48.5 Å². The fraction of sp³-hybridized carbons (Fsp3) is 0.235. The quantitative estimate of drug-likeness (QED) is 0.797. The molecule has 116 valence electrons. The minimum absolute atomic E-state index is 0.0374. The minimum Gasteiger partial charge on any atom is -0.385 e. The van der Waals surface area contributed by atoms with Crippen LogP contribution in [0.5, 0.6) is 0 Å². The van der Waals surface area contributed by atoms with Crippen LogP contribution in [0.3, 0.4) is 0 Å². The van der Waals surface area contributed by atoms with Crippen LogP contribution in [0.2, 0.25) is 10.0 Å². The number of benzene rings is 2. The third-order valence-electron chi connectivity index (χ3n) is 3.17. The van der Waals surface area contributed by atoms with Crippen molar-refractivity contribution in [3.05, 3.63) is 64.1 Å². The van der Waals surface area contributed by atoms with Gasteiger partial charge in [0.05, 0.1) is 0 Å². The van der Waals surface area contributed by atoms with E-state index in [2.05, 4.69) is 10.6 Å². The van der Waals surface area contributed by atoms with Crippen LogP contribution in [0.25, 0.3) is 0 Å². The van der Waals surface area contributed by atoms with Crippen LogP contribution < -0.4 is 10.6 Å². The van der Waals surface area contributed by atoms with Gasteiger partial charge in [-0.2, -0.15) is 0 Å². The van der Waals surface area contributed by atoms with Gasteiger partial charge in [-0.3, -0.25) is 4.79 Å². The van der Waals surface area contributed by atoms with E-state index in [-0.39, 0.29) is 5.91 Å². The van der Waals surface area contributed by atoms with Crippen molar-refractivity contribution in [1.29, 1.82) is 0 Å². The van der Waals surface area contributed by atoms with Gasteiger partial charge < -0.3 is 10.6 Å². The molecule has 2 rings (SSSR count). The molecule has 0 spiro atoms. The van der Waals surface area contributed by atoms with E-state index in [0.717, 1.165) is 22.7 Å². The standard InChI is InChI=1S/C17H18Cl2N2O/c18-14-3-1-13(2-4-14)9-11-21-17(22)10-12-20-16-7-5-15(19)6-8-16/h1-8,20H,9-12H2,(H,21,22). The summed E-state index contributed by atoms with van der Waals surface area (Å²) in [4.78, 5) is 11.7. The SMILES string of the molecule is O=C(CCNc1ccc(Cl)cc1)NCCc1ccc(Cl)cc1. The summed E-state index contributed by atoms with van der Waals surface area (Å²) in [5.41, 5.74) is 2.11. The zero-order valence-electron chi connectivity index (χ0n) is 12.1. The lowest BCUT2D eigenvalue weighted by atomic mass is 10.1. The first-order valence-corrected chi connectivity index (χ1v) is 7.89. The van der Waals surface area contributed by atoms with Crippen molar-refractivity contribution in [2.75, 3.05) is 18.4 Å². The van der Waals surface area contributed by atoms with Gasteiger partial charge >= 0.3 is 0 Å². The fourth-order valence-electron chi connectivity index (χ4n) is 1.97. The molecular weight excluding hydrogens is 319 g/mol. The summed E-state index contributed by atoms with van der Waals surface area (Å²) in [7, 11) is 0. The Kier molecular flexibility index (Phi) is 6.56. The molecule has 0 aromatic heterocycles. The molecule has 2 aromatic carbocycles. The van der Waals surface area contributed by atoms with Crippen LogP contribution in [0.4, 0.5) is 5.69 Å². The summed E-state index contributed by atoms with van der Waals surface area (Å²) >= 11 is 11.6. The maximum Gasteiger partial charge on any atom is 0.221 e. The lowest BCUT2D eigenvalue weighted by Gasteiger charge is -2.08. The fourth-order valence-corrected chi connectivity index (χ4v) is 2.23. The maximum absolute atomic E-state index is 11.7. The third-order valence-corrected chi connectivity index (χ3v) is 3.68. The molecule has 22 heavy (non-hydrogen) atoms. The molecule has 0 radical (unpaired) electrons. The lowest BCUT2D eigenvalue weighted by molar-refractivity contribution is -0.120. The Bertz CT molecular complexity index is 544. The van der Waals surface area contributed by atoms with Crippen molar-refractivity contribution in [2.24, 2.45) is 0 Å². The van der Waals surface area contributed by atoms with Crippen molar-refractivity contribution in [1.82, 2.24) is 5.32 Å². The smallest absolute Gasteiger partial charge is 0.221 e. The van der Waals surface area contributed by atoms with E-state index in [0.29, 0.717) is 24.5 Å². The largest absolute Gasteiger partial charge is 0.385 e. The molecule has 0 aliphatic heterocycles. The molecule has 0 aliphatic carbocycles. The molecule has 1 amide bonds. The Morgan fingerprint density at radius 3 is 2.09 bits per heavy atom. The van der Waals surface area contributed by atoms with Crippen molar-refractivity contribution in [2.45, 2.75) is 12.8 Å². The zero-order valence-corrected chi connectivity index (χ0v) is 13.6. The van der Waals surface area contributed by atoms with Gasteiger partial charge in [0.2, 0.25) is 5.91 Å². The van der Waals surface area contributed by atoms with E-state index >= 15 is 0 Å². The molecule has 2 aromatic rings. The molecule has 0 atom stereocenters. The average molecular weight is 337 g/mol. The van der Waals surface area contributed by atoms with Gasteiger partial charge in [-0.1, -0.05) is 35.3 Å². The van der Waals surface area contributed by atoms with Gasteiger partial charge in [0.25, 0.3) is 0 Å².